The highest BCUT2D eigenvalue weighted by atomic mass is 79.9. The van der Waals surface area contributed by atoms with Crippen molar-refractivity contribution in [2.75, 3.05) is 5.73 Å². The average molecular weight is 385 g/mol. The predicted molar refractivity (Wildman–Crippen MR) is 81.3 cm³/mol. The summed E-state index contributed by atoms with van der Waals surface area (Å²) in [7, 11) is 0. The number of halogens is 4. The van der Waals surface area contributed by atoms with E-state index in [4.69, 9.17) is 40.5 Å². The molecule has 94 valence electrons. The van der Waals surface area contributed by atoms with E-state index in [1.54, 1.807) is 6.07 Å². The summed E-state index contributed by atoms with van der Waals surface area (Å²) in [5.74, 6) is -0.258. The molecule has 1 heterocycles. The Morgan fingerprint density at radius 1 is 1.17 bits per heavy atom. The Labute approximate surface area is 131 Å². The maximum atomic E-state index is 12.3. The molecule has 0 aliphatic heterocycles. The van der Waals surface area contributed by atoms with Gasteiger partial charge in [-0.15, -0.1) is 11.3 Å². The van der Waals surface area contributed by atoms with Gasteiger partial charge in [0.05, 0.1) is 23.7 Å². The van der Waals surface area contributed by atoms with Crippen molar-refractivity contribution in [1.82, 2.24) is 0 Å². The number of hydrogen-bond donors (Lipinski definition) is 1. The highest BCUT2D eigenvalue weighted by Crippen LogP contribution is 2.36. The minimum atomic E-state index is -0.258. The molecule has 18 heavy (non-hydrogen) atoms. The fraction of sp³-hybridized carbons (Fsp3) is 0. The van der Waals surface area contributed by atoms with Gasteiger partial charge in [-0.25, -0.2) is 0 Å². The van der Waals surface area contributed by atoms with Crippen LogP contribution in [0.25, 0.3) is 0 Å². The highest BCUT2D eigenvalue weighted by Gasteiger charge is 2.19. The number of carbonyl (C=O) groups is 1. The van der Waals surface area contributed by atoms with Gasteiger partial charge in [-0.1, -0.05) is 34.8 Å². The third-order valence-electron chi connectivity index (χ3n) is 2.16. The summed E-state index contributed by atoms with van der Waals surface area (Å²) in [6, 6.07) is 4.57. The zero-order valence-electron chi connectivity index (χ0n) is 8.64. The Bertz CT molecular complexity index is 622. The second-order valence-corrected chi connectivity index (χ2v) is 6.99. The van der Waals surface area contributed by atoms with E-state index >= 15 is 0 Å². The minimum Gasteiger partial charge on any atom is -0.399 e. The standard InChI is InChI=1S/C11H5BrCl3NOS/c12-11-7(14)3-8(18-11)10(17)5-1-4(16)2-6(13)9(5)15/h1-3H,16H2. The zero-order valence-corrected chi connectivity index (χ0v) is 13.3. The summed E-state index contributed by atoms with van der Waals surface area (Å²) in [5, 5.41) is 0.924. The lowest BCUT2D eigenvalue weighted by Crippen LogP contribution is -2.01. The zero-order chi connectivity index (χ0) is 13.4. The summed E-state index contributed by atoms with van der Waals surface area (Å²) >= 11 is 22.3. The fourth-order valence-corrected chi connectivity index (χ4v) is 3.45. The molecule has 0 spiro atoms. The van der Waals surface area contributed by atoms with E-state index in [1.165, 1.54) is 23.5 Å². The molecule has 0 atom stereocenters. The molecule has 0 saturated carbocycles. The van der Waals surface area contributed by atoms with Crippen LogP contribution in [0.2, 0.25) is 15.1 Å². The molecule has 2 aromatic rings. The number of ketones is 1. The molecule has 1 aromatic carbocycles. The number of nitrogens with two attached hydrogens (primary N) is 1. The van der Waals surface area contributed by atoms with E-state index in [1.807, 2.05) is 0 Å². The molecule has 0 saturated heterocycles. The van der Waals surface area contributed by atoms with Crippen LogP contribution in [0.3, 0.4) is 0 Å². The summed E-state index contributed by atoms with van der Waals surface area (Å²) in [4.78, 5) is 12.7. The van der Waals surface area contributed by atoms with Gasteiger partial charge in [0.25, 0.3) is 0 Å². The first-order chi connectivity index (χ1) is 8.40. The van der Waals surface area contributed by atoms with E-state index in [0.717, 1.165) is 0 Å². The lowest BCUT2D eigenvalue weighted by Gasteiger charge is -2.05. The molecule has 0 aliphatic carbocycles. The molecule has 0 bridgehead atoms. The van der Waals surface area contributed by atoms with Crippen LogP contribution in [0.4, 0.5) is 5.69 Å². The quantitative estimate of drug-likeness (QED) is 0.564. The molecule has 7 heteroatoms. The van der Waals surface area contributed by atoms with E-state index in [0.29, 0.717) is 19.4 Å². The van der Waals surface area contributed by atoms with E-state index in [9.17, 15) is 4.79 Å². The van der Waals surface area contributed by atoms with Gasteiger partial charge >= 0.3 is 0 Å². The van der Waals surface area contributed by atoms with Gasteiger partial charge in [0.15, 0.2) is 0 Å². The monoisotopic (exact) mass is 383 g/mol. The molecular formula is C11H5BrCl3NOS. The van der Waals surface area contributed by atoms with Crippen molar-refractivity contribution in [3.05, 3.63) is 47.5 Å². The summed E-state index contributed by atoms with van der Waals surface area (Å²) in [6.45, 7) is 0. The Morgan fingerprint density at radius 3 is 2.39 bits per heavy atom. The molecule has 0 amide bonds. The summed E-state index contributed by atoms with van der Waals surface area (Å²) < 4.78 is 0.693. The number of benzene rings is 1. The molecule has 2 rings (SSSR count). The van der Waals surface area contributed by atoms with Crippen molar-refractivity contribution in [2.24, 2.45) is 0 Å². The predicted octanol–water partition coefficient (Wildman–Crippen LogP) is 5.28. The smallest absolute Gasteiger partial charge is 0.204 e. The third kappa shape index (κ3) is 2.68. The molecule has 1 aromatic heterocycles. The van der Waals surface area contributed by atoms with Gasteiger partial charge in [-0.3, -0.25) is 4.79 Å². The van der Waals surface area contributed by atoms with Crippen LogP contribution in [0.5, 0.6) is 0 Å². The Morgan fingerprint density at radius 2 is 1.83 bits per heavy atom. The van der Waals surface area contributed by atoms with Crippen LogP contribution >= 0.6 is 62.1 Å². The first-order valence-electron chi connectivity index (χ1n) is 4.64. The minimum absolute atomic E-state index is 0.191. The van der Waals surface area contributed by atoms with Crippen LogP contribution in [0.15, 0.2) is 22.0 Å². The average Bonchev–Trinajstić information content (AvgIpc) is 2.63. The highest BCUT2D eigenvalue weighted by molar-refractivity contribution is 9.11. The molecule has 0 fully saturated rings. The Balaban J connectivity index is 2.52. The normalized spacial score (nSPS) is 10.7. The van der Waals surface area contributed by atoms with Crippen LogP contribution in [0, 0.1) is 0 Å². The second kappa shape index (κ2) is 5.39. The van der Waals surface area contributed by atoms with Crippen molar-refractivity contribution in [2.45, 2.75) is 0 Å². The number of carbonyl (C=O) groups excluding carboxylic acids is 1. The van der Waals surface area contributed by atoms with Gasteiger partial charge < -0.3 is 5.73 Å². The summed E-state index contributed by atoms with van der Waals surface area (Å²) in [5.41, 5.74) is 6.31. The molecule has 2 nitrogen and oxygen atoms in total. The van der Waals surface area contributed by atoms with Gasteiger partial charge in [0, 0.05) is 11.3 Å². The lowest BCUT2D eigenvalue weighted by atomic mass is 10.1. The number of nitrogen functional groups attached to an aromatic ring is 1. The van der Waals surface area contributed by atoms with E-state index < -0.39 is 0 Å². The van der Waals surface area contributed by atoms with Crippen molar-refractivity contribution < 1.29 is 4.79 Å². The fourth-order valence-electron chi connectivity index (χ4n) is 1.37. The van der Waals surface area contributed by atoms with Crippen LogP contribution < -0.4 is 5.73 Å². The topological polar surface area (TPSA) is 43.1 Å². The van der Waals surface area contributed by atoms with Crippen LogP contribution in [-0.2, 0) is 0 Å². The van der Waals surface area contributed by atoms with Gasteiger partial charge in [0.1, 0.15) is 0 Å². The molecule has 0 unspecified atom stereocenters. The molecular weight excluding hydrogens is 380 g/mol. The van der Waals surface area contributed by atoms with Crippen molar-refractivity contribution in [1.29, 1.82) is 0 Å². The maximum absolute atomic E-state index is 12.3. The van der Waals surface area contributed by atoms with Crippen molar-refractivity contribution >= 4 is 73.5 Å². The largest absolute Gasteiger partial charge is 0.399 e. The van der Waals surface area contributed by atoms with Crippen molar-refractivity contribution in [3.63, 3.8) is 0 Å². The number of rotatable bonds is 2. The first kappa shape index (κ1) is 14.2. The Hall–Kier alpha value is -0.260. The van der Waals surface area contributed by atoms with Crippen LogP contribution in [-0.4, -0.2) is 5.78 Å². The van der Waals surface area contributed by atoms with Crippen LogP contribution in [0.1, 0.15) is 15.2 Å². The Kier molecular flexibility index (Phi) is 4.24. The second-order valence-electron chi connectivity index (χ2n) is 3.43. The van der Waals surface area contributed by atoms with Gasteiger partial charge in [0.2, 0.25) is 5.78 Å². The van der Waals surface area contributed by atoms with Gasteiger partial charge in [-0.2, -0.15) is 0 Å². The lowest BCUT2D eigenvalue weighted by molar-refractivity contribution is 0.104. The molecule has 0 aliphatic rings. The number of thiophene rings is 1. The maximum Gasteiger partial charge on any atom is 0.204 e. The third-order valence-corrected chi connectivity index (χ3v) is 5.44. The van der Waals surface area contributed by atoms with E-state index in [2.05, 4.69) is 15.9 Å². The number of anilines is 1. The van der Waals surface area contributed by atoms with Crippen molar-refractivity contribution in [3.8, 4) is 0 Å². The SMILES string of the molecule is Nc1cc(Cl)c(Cl)c(C(=O)c2cc(Cl)c(Br)s2)c1. The van der Waals surface area contributed by atoms with Gasteiger partial charge in [-0.05, 0) is 34.1 Å². The van der Waals surface area contributed by atoms with E-state index in [-0.39, 0.29) is 21.4 Å². The molecule has 2 N–H and O–H groups in total. The first-order valence-corrected chi connectivity index (χ1v) is 7.38. The summed E-state index contributed by atoms with van der Waals surface area (Å²) in [6.07, 6.45) is 0. The number of hydrogen-bond acceptors (Lipinski definition) is 3. The molecule has 0 radical (unpaired) electrons.